The van der Waals surface area contributed by atoms with E-state index in [1.54, 1.807) is 32.1 Å². The summed E-state index contributed by atoms with van der Waals surface area (Å²) in [4.78, 5) is 34.1. The van der Waals surface area contributed by atoms with Gasteiger partial charge < -0.3 is 19.2 Å². The van der Waals surface area contributed by atoms with Gasteiger partial charge in [-0.25, -0.2) is 9.79 Å². The molecular weight excluding hydrogens is 422 g/mol. The number of fused-ring (bicyclic) bond motifs is 2. The van der Waals surface area contributed by atoms with Crippen LogP contribution in [0.1, 0.15) is 36.6 Å². The highest BCUT2D eigenvalue weighted by atomic mass is 16.7. The molecule has 5 rings (SSSR count). The summed E-state index contributed by atoms with van der Waals surface area (Å²) in [5.41, 5.74) is 3.59. The highest BCUT2D eigenvalue weighted by Crippen LogP contribution is 2.38. The summed E-state index contributed by atoms with van der Waals surface area (Å²) < 4.78 is 17.8. The van der Waals surface area contributed by atoms with E-state index >= 15 is 0 Å². The van der Waals surface area contributed by atoms with Crippen LogP contribution in [0.3, 0.4) is 0 Å². The molecule has 8 nitrogen and oxygen atoms in total. The third-order valence-electron chi connectivity index (χ3n) is 5.71. The molecule has 3 aromatic rings. The molecule has 1 unspecified atom stereocenters. The SMILES string of the molecule is CCOC(=O)C1=C(C)N=c2[nH]/c(=C\c3ccc(C)cc3)c(=O)n2C1c1ccc2c(c1)OCO2. The smallest absolute Gasteiger partial charge is 0.338 e. The molecule has 3 heterocycles. The van der Waals surface area contributed by atoms with E-state index in [4.69, 9.17) is 14.2 Å². The number of imidazole rings is 1. The zero-order valence-electron chi connectivity index (χ0n) is 18.5. The van der Waals surface area contributed by atoms with Crippen LogP contribution in [0.15, 0.2) is 63.5 Å². The fourth-order valence-electron chi connectivity index (χ4n) is 4.12. The first kappa shape index (κ1) is 20.8. The second-order valence-corrected chi connectivity index (χ2v) is 7.94. The minimum atomic E-state index is -0.727. The van der Waals surface area contributed by atoms with Gasteiger partial charge in [0, 0.05) is 0 Å². The maximum atomic E-state index is 13.5. The Bertz CT molecular complexity index is 1460. The fraction of sp³-hybridized carbons (Fsp3) is 0.240. The van der Waals surface area contributed by atoms with Crippen molar-refractivity contribution in [1.29, 1.82) is 0 Å². The van der Waals surface area contributed by atoms with E-state index in [0.717, 1.165) is 11.1 Å². The summed E-state index contributed by atoms with van der Waals surface area (Å²) >= 11 is 0. The highest BCUT2D eigenvalue weighted by Gasteiger charge is 2.34. The topological polar surface area (TPSA) is 94.9 Å². The first-order valence-electron chi connectivity index (χ1n) is 10.7. The molecule has 2 aliphatic rings. The number of H-pyrrole nitrogens is 1. The molecule has 1 N–H and O–H groups in total. The number of carbonyl (C=O) groups is 1. The number of hydrogen-bond donors (Lipinski definition) is 1. The van der Waals surface area contributed by atoms with Crippen LogP contribution in [0.2, 0.25) is 0 Å². The van der Waals surface area contributed by atoms with Crippen molar-refractivity contribution in [2.45, 2.75) is 26.8 Å². The number of allylic oxidation sites excluding steroid dienone is 1. The Morgan fingerprint density at radius 3 is 2.70 bits per heavy atom. The summed E-state index contributed by atoms with van der Waals surface area (Å²) in [6, 6.07) is 12.5. The molecule has 168 valence electrons. The number of aromatic amines is 1. The molecule has 0 bridgehead atoms. The largest absolute Gasteiger partial charge is 0.463 e. The summed E-state index contributed by atoms with van der Waals surface area (Å²) in [5, 5.41) is 0.376. The Hall–Kier alpha value is -4.07. The minimum Gasteiger partial charge on any atom is -0.463 e. The maximum absolute atomic E-state index is 13.5. The van der Waals surface area contributed by atoms with Crippen molar-refractivity contribution in [3.05, 3.63) is 91.7 Å². The molecule has 0 saturated carbocycles. The Kier molecular flexibility index (Phi) is 5.12. The van der Waals surface area contributed by atoms with Gasteiger partial charge >= 0.3 is 5.97 Å². The second-order valence-electron chi connectivity index (χ2n) is 7.94. The number of hydrogen-bond acceptors (Lipinski definition) is 6. The van der Waals surface area contributed by atoms with E-state index in [2.05, 4.69) is 9.98 Å². The Labute approximate surface area is 189 Å². The van der Waals surface area contributed by atoms with Gasteiger partial charge in [0.05, 0.1) is 23.9 Å². The van der Waals surface area contributed by atoms with Gasteiger partial charge in [-0.05, 0) is 50.1 Å². The number of rotatable bonds is 4. The monoisotopic (exact) mass is 445 g/mol. The number of esters is 1. The molecule has 0 aliphatic carbocycles. The lowest BCUT2D eigenvalue weighted by atomic mass is 9.95. The van der Waals surface area contributed by atoms with Crippen molar-refractivity contribution < 1.29 is 19.0 Å². The molecule has 0 spiro atoms. The Morgan fingerprint density at radius 2 is 1.94 bits per heavy atom. The van der Waals surface area contributed by atoms with Crippen LogP contribution in [-0.2, 0) is 9.53 Å². The standard InChI is InChI=1S/C25H23N3O5/c1-4-31-24(30)21-15(3)26-25-27-18(11-16-7-5-14(2)6-8-16)23(29)28(25)22(21)17-9-10-19-20(12-17)33-13-32-19/h5-12,22H,4,13H2,1-3H3,(H,26,27)/b18-11-. The molecule has 0 amide bonds. The number of nitrogens with zero attached hydrogens (tertiary/aromatic N) is 2. The Morgan fingerprint density at radius 1 is 1.18 bits per heavy atom. The molecular formula is C25H23N3O5. The molecule has 0 saturated heterocycles. The van der Waals surface area contributed by atoms with Crippen LogP contribution >= 0.6 is 0 Å². The number of ether oxygens (including phenoxy) is 3. The summed E-state index contributed by atoms with van der Waals surface area (Å²) in [7, 11) is 0. The van der Waals surface area contributed by atoms with E-state index in [1.807, 2.05) is 37.3 Å². The third kappa shape index (κ3) is 3.63. The minimum absolute atomic E-state index is 0.128. The molecule has 1 atom stereocenters. The zero-order valence-corrected chi connectivity index (χ0v) is 18.5. The molecule has 33 heavy (non-hydrogen) atoms. The number of benzene rings is 2. The van der Waals surface area contributed by atoms with Gasteiger partial charge in [0.2, 0.25) is 12.4 Å². The van der Waals surface area contributed by atoms with Crippen LogP contribution in [-0.4, -0.2) is 28.9 Å². The second kappa shape index (κ2) is 8.12. The van der Waals surface area contributed by atoms with Gasteiger partial charge in [0.25, 0.3) is 5.56 Å². The van der Waals surface area contributed by atoms with Crippen molar-refractivity contribution >= 4 is 12.0 Å². The maximum Gasteiger partial charge on any atom is 0.338 e. The van der Waals surface area contributed by atoms with E-state index in [-0.39, 0.29) is 19.0 Å². The van der Waals surface area contributed by atoms with E-state index in [1.165, 1.54) is 4.57 Å². The molecule has 1 aromatic heterocycles. The predicted octanol–water partition coefficient (Wildman–Crippen LogP) is 2.10. The average molecular weight is 445 g/mol. The molecule has 2 aromatic carbocycles. The number of nitrogens with one attached hydrogen (secondary N) is 1. The van der Waals surface area contributed by atoms with Gasteiger partial charge in [-0.2, -0.15) is 0 Å². The molecule has 8 heteroatoms. The zero-order chi connectivity index (χ0) is 23.1. The summed E-state index contributed by atoms with van der Waals surface area (Å²) in [6.07, 6.45) is 1.78. The van der Waals surface area contributed by atoms with Crippen LogP contribution in [0.25, 0.3) is 6.08 Å². The van der Waals surface area contributed by atoms with Gasteiger partial charge in [0.1, 0.15) is 5.35 Å². The number of aromatic nitrogens is 2. The van der Waals surface area contributed by atoms with Crippen LogP contribution in [0, 0.1) is 6.92 Å². The fourth-order valence-corrected chi connectivity index (χ4v) is 4.12. The molecule has 2 aliphatic heterocycles. The quantitative estimate of drug-likeness (QED) is 0.621. The first-order valence-corrected chi connectivity index (χ1v) is 10.7. The lowest BCUT2D eigenvalue weighted by Crippen LogP contribution is -2.40. The van der Waals surface area contributed by atoms with Gasteiger partial charge in [0.15, 0.2) is 11.5 Å². The van der Waals surface area contributed by atoms with Crippen molar-refractivity contribution in [2.24, 2.45) is 4.99 Å². The van der Waals surface area contributed by atoms with Gasteiger partial charge in [-0.1, -0.05) is 35.9 Å². The van der Waals surface area contributed by atoms with Crippen LogP contribution in [0.5, 0.6) is 11.5 Å². The lowest BCUT2D eigenvalue weighted by Gasteiger charge is -2.24. The third-order valence-corrected chi connectivity index (χ3v) is 5.71. The highest BCUT2D eigenvalue weighted by molar-refractivity contribution is 5.91. The van der Waals surface area contributed by atoms with E-state index in [0.29, 0.717) is 39.3 Å². The van der Waals surface area contributed by atoms with E-state index < -0.39 is 12.0 Å². The lowest BCUT2D eigenvalue weighted by molar-refractivity contribution is -0.139. The predicted molar refractivity (Wildman–Crippen MR) is 121 cm³/mol. The average Bonchev–Trinajstić information content (AvgIpc) is 3.38. The summed E-state index contributed by atoms with van der Waals surface area (Å²) in [5.74, 6) is 0.671. The first-order chi connectivity index (χ1) is 16.0. The van der Waals surface area contributed by atoms with Crippen LogP contribution < -0.4 is 26.0 Å². The molecule has 0 fully saturated rings. The van der Waals surface area contributed by atoms with Crippen molar-refractivity contribution in [3.63, 3.8) is 0 Å². The normalized spacial score (nSPS) is 17.1. The number of carbonyl (C=O) groups excluding carboxylic acids is 1. The van der Waals surface area contributed by atoms with E-state index in [9.17, 15) is 9.59 Å². The van der Waals surface area contributed by atoms with Crippen LogP contribution in [0.4, 0.5) is 0 Å². The van der Waals surface area contributed by atoms with Crippen molar-refractivity contribution in [1.82, 2.24) is 9.55 Å². The summed E-state index contributed by atoms with van der Waals surface area (Å²) in [6.45, 7) is 5.83. The Balaban J connectivity index is 1.72. The van der Waals surface area contributed by atoms with Gasteiger partial charge in [-0.15, -0.1) is 0 Å². The molecule has 0 radical (unpaired) electrons. The van der Waals surface area contributed by atoms with Gasteiger partial charge in [-0.3, -0.25) is 9.36 Å². The van der Waals surface area contributed by atoms with Crippen molar-refractivity contribution in [3.8, 4) is 11.5 Å². The number of aryl methyl sites for hydroxylation is 1. The van der Waals surface area contributed by atoms with Crippen molar-refractivity contribution in [2.75, 3.05) is 13.4 Å².